The summed E-state index contributed by atoms with van der Waals surface area (Å²) in [7, 11) is 0. The van der Waals surface area contributed by atoms with Gasteiger partial charge in [0.2, 0.25) is 0 Å². The highest BCUT2D eigenvalue weighted by atomic mass is 16.7. The molecule has 16 heavy (non-hydrogen) atoms. The van der Waals surface area contributed by atoms with E-state index in [1.54, 1.807) is 0 Å². The molecule has 1 saturated heterocycles. The maximum absolute atomic E-state index is 9.52. The van der Waals surface area contributed by atoms with Crippen molar-refractivity contribution in [2.24, 2.45) is 0 Å². The van der Waals surface area contributed by atoms with Crippen LogP contribution in [0.1, 0.15) is 19.3 Å². The minimum atomic E-state index is -1.11. The molecular formula is C11H18O5. The fourth-order valence-electron chi connectivity index (χ4n) is 1.53. The van der Waals surface area contributed by atoms with Crippen molar-refractivity contribution < 1.29 is 24.8 Å². The molecule has 0 aromatic carbocycles. The van der Waals surface area contributed by atoms with Crippen LogP contribution < -0.4 is 0 Å². The van der Waals surface area contributed by atoms with Crippen LogP contribution in [0.5, 0.6) is 0 Å². The SMILES string of the molecule is C#CCCCCO[C@@H]1O[C@H](CO)[C@@H](O)[C@H]1O. The van der Waals surface area contributed by atoms with Crippen molar-refractivity contribution in [3.63, 3.8) is 0 Å². The average Bonchev–Trinajstić information content (AvgIpc) is 2.56. The van der Waals surface area contributed by atoms with E-state index in [4.69, 9.17) is 21.0 Å². The van der Waals surface area contributed by atoms with Crippen molar-refractivity contribution >= 4 is 0 Å². The van der Waals surface area contributed by atoms with Gasteiger partial charge in [-0.2, -0.15) is 0 Å². The van der Waals surface area contributed by atoms with Crippen molar-refractivity contribution in [2.45, 2.75) is 43.9 Å². The number of aliphatic hydroxyl groups excluding tert-OH is 3. The lowest BCUT2D eigenvalue weighted by Gasteiger charge is -2.15. The first-order valence-electron chi connectivity index (χ1n) is 5.38. The first-order chi connectivity index (χ1) is 7.70. The fraction of sp³-hybridized carbons (Fsp3) is 0.818. The zero-order valence-electron chi connectivity index (χ0n) is 9.08. The van der Waals surface area contributed by atoms with Crippen molar-refractivity contribution in [2.75, 3.05) is 13.2 Å². The van der Waals surface area contributed by atoms with Crippen LogP contribution >= 0.6 is 0 Å². The van der Waals surface area contributed by atoms with Gasteiger partial charge in [-0.25, -0.2) is 0 Å². The van der Waals surface area contributed by atoms with E-state index < -0.39 is 24.6 Å². The van der Waals surface area contributed by atoms with Gasteiger partial charge >= 0.3 is 0 Å². The van der Waals surface area contributed by atoms with Gasteiger partial charge in [0.25, 0.3) is 0 Å². The average molecular weight is 230 g/mol. The molecule has 1 fully saturated rings. The van der Waals surface area contributed by atoms with E-state index in [-0.39, 0.29) is 6.61 Å². The summed E-state index contributed by atoms with van der Waals surface area (Å²) < 4.78 is 10.4. The Balaban J connectivity index is 2.20. The van der Waals surface area contributed by atoms with E-state index in [0.29, 0.717) is 13.0 Å². The topological polar surface area (TPSA) is 79.2 Å². The predicted molar refractivity (Wildman–Crippen MR) is 56.4 cm³/mol. The number of ether oxygens (including phenoxy) is 2. The molecule has 0 radical (unpaired) electrons. The molecule has 1 rings (SSSR count). The first kappa shape index (κ1) is 13.4. The Morgan fingerprint density at radius 3 is 2.56 bits per heavy atom. The zero-order chi connectivity index (χ0) is 12.0. The molecule has 92 valence electrons. The lowest BCUT2D eigenvalue weighted by atomic mass is 10.1. The summed E-state index contributed by atoms with van der Waals surface area (Å²) in [5, 5.41) is 27.8. The van der Waals surface area contributed by atoms with E-state index in [1.165, 1.54) is 0 Å². The number of terminal acetylenes is 1. The Morgan fingerprint density at radius 2 is 2.00 bits per heavy atom. The molecule has 4 atom stereocenters. The van der Waals surface area contributed by atoms with Gasteiger partial charge in [0.05, 0.1) is 6.61 Å². The molecule has 1 aliphatic rings. The number of hydrogen-bond acceptors (Lipinski definition) is 5. The van der Waals surface area contributed by atoms with Crippen LogP contribution in [0.3, 0.4) is 0 Å². The van der Waals surface area contributed by atoms with Gasteiger partial charge in [-0.3, -0.25) is 0 Å². The van der Waals surface area contributed by atoms with Crippen LogP contribution in [0.2, 0.25) is 0 Å². The number of aliphatic hydroxyl groups is 3. The van der Waals surface area contributed by atoms with Crippen molar-refractivity contribution in [3.8, 4) is 12.3 Å². The molecule has 1 aliphatic heterocycles. The number of unbranched alkanes of at least 4 members (excludes halogenated alkanes) is 2. The normalized spacial score (nSPS) is 33.9. The molecule has 0 aromatic heterocycles. The highest BCUT2D eigenvalue weighted by molar-refractivity contribution is 4.86. The standard InChI is InChI=1S/C11H18O5/c1-2-3-4-5-6-15-11-10(14)9(13)8(7-12)16-11/h1,8-14H,3-7H2/t8-,9-,10-,11-/m1/s1. The second-order valence-corrected chi connectivity index (χ2v) is 3.74. The molecular weight excluding hydrogens is 212 g/mol. The Hall–Kier alpha value is -0.640. The third kappa shape index (κ3) is 3.44. The summed E-state index contributed by atoms with van der Waals surface area (Å²) in [6.07, 6.45) is 3.58. The van der Waals surface area contributed by atoms with Crippen LogP contribution in [0.25, 0.3) is 0 Å². The van der Waals surface area contributed by atoms with Gasteiger partial charge in [0.15, 0.2) is 6.29 Å². The molecule has 5 nitrogen and oxygen atoms in total. The lowest BCUT2D eigenvalue weighted by molar-refractivity contribution is -0.169. The molecule has 5 heteroatoms. The third-order valence-electron chi connectivity index (χ3n) is 2.50. The molecule has 3 N–H and O–H groups in total. The van der Waals surface area contributed by atoms with E-state index >= 15 is 0 Å². The Morgan fingerprint density at radius 1 is 1.25 bits per heavy atom. The minimum absolute atomic E-state index is 0.338. The van der Waals surface area contributed by atoms with Gasteiger partial charge < -0.3 is 24.8 Å². The number of rotatable bonds is 6. The molecule has 0 aromatic rings. The second-order valence-electron chi connectivity index (χ2n) is 3.74. The summed E-state index contributed by atoms with van der Waals surface area (Å²) >= 11 is 0. The molecule has 0 bridgehead atoms. The quantitative estimate of drug-likeness (QED) is 0.413. The van der Waals surface area contributed by atoms with Gasteiger partial charge in [0, 0.05) is 13.0 Å². The van der Waals surface area contributed by atoms with Crippen molar-refractivity contribution in [3.05, 3.63) is 0 Å². The highest BCUT2D eigenvalue weighted by Gasteiger charge is 2.42. The smallest absolute Gasteiger partial charge is 0.186 e. The van der Waals surface area contributed by atoms with E-state index in [2.05, 4.69) is 5.92 Å². The molecule has 0 unspecified atom stereocenters. The van der Waals surface area contributed by atoms with Crippen molar-refractivity contribution in [1.82, 2.24) is 0 Å². The highest BCUT2D eigenvalue weighted by Crippen LogP contribution is 2.22. The third-order valence-corrected chi connectivity index (χ3v) is 2.50. The Bertz CT molecular complexity index is 237. The van der Waals surface area contributed by atoms with E-state index in [1.807, 2.05) is 0 Å². The summed E-state index contributed by atoms with van der Waals surface area (Å²) in [6.45, 7) is 0.0729. The van der Waals surface area contributed by atoms with E-state index in [0.717, 1.165) is 12.8 Å². The van der Waals surface area contributed by atoms with Gasteiger partial charge in [-0.1, -0.05) is 0 Å². The van der Waals surface area contributed by atoms with Crippen LogP contribution in [0.4, 0.5) is 0 Å². The zero-order valence-corrected chi connectivity index (χ0v) is 9.08. The van der Waals surface area contributed by atoms with Crippen LogP contribution in [-0.4, -0.2) is 53.1 Å². The van der Waals surface area contributed by atoms with Gasteiger partial charge in [-0.15, -0.1) is 12.3 Å². The summed E-state index contributed by atoms with van der Waals surface area (Å²) in [6, 6.07) is 0. The summed E-state index contributed by atoms with van der Waals surface area (Å²) in [5.74, 6) is 2.52. The molecule has 1 heterocycles. The molecule has 0 saturated carbocycles. The molecule has 0 spiro atoms. The molecule has 0 amide bonds. The van der Waals surface area contributed by atoms with Gasteiger partial charge in [-0.05, 0) is 12.8 Å². The first-order valence-corrected chi connectivity index (χ1v) is 5.38. The summed E-state index contributed by atoms with van der Waals surface area (Å²) in [5.41, 5.74) is 0. The minimum Gasteiger partial charge on any atom is -0.394 e. The fourth-order valence-corrected chi connectivity index (χ4v) is 1.53. The predicted octanol–water partition coefficient (Wildman–Crippen LogP) is -0.755. The summed E-state index contributed by atoms with van der Waals surface area (Å²) in [4.78, 5) is 0. The molecule has 0 aliphatic carbocycles. The second kappa shape index (κ2) is 6.84. The maximum Gasteiger partial charge on any atom is 0.186 e. The van der Waals surface area contributed by atoms with Crippen LogP contribution in [0, 0.1) is 12.3 Å². The van der Waals surface area contributed by atoms with Crippen LogP contribution in [-0.2, 0) is 9.47 Å². The Kier molecular flexibility index (Phi) is 5.74. The maximum atomic E-state index is 9.52. The lowest BCUT2D eigenvalue weighted by Crippen LogP contribution is -2.34. The van der Waals surface area contributed by atoms with E-state index in [9.17, 15) is 10.2 Å². The monoisotopic (exact) mass is 230 g/mol. The Labute approximate surface area is 95.0 Å². The number of hydrogen-bond donors (Lipinski definition) is 3. The largest absolute Gasteiger partial charge is 0.394 e. The van der Waals surface area contributed by atoms with Crippen molar-refractivity contribution in [1.29, 1.82) is 0 Å². The van der Waals surface area contributed by atoms with Crippen LogP contribution in [0.15, 0.2) is 0 Å². The van der Waals surface area contributed by atoms with Gasteiger partial charge in [0.1, 0.15) is 18.3 Å².